The smallest absolute Gasteiger partial charge is 0.252 e. The van der Waals surface area contributed by atoms with Crippen LogP contribution in [0, 0.1) is 11.7 Å². The van der Waals surface area contributed by atoms with Crippen molar-refractivity contribution in [2.45, 2.75) is 32.4 Å². The summed E-state index contributed by atoms with van der Waals surface area (Å²) in [6, 6.07) is 4.44. The molecule has 0 aromatic heterocycles. The van der Waals surface area contributed by atoms with Crippen LogP contribution in [0.5, 0.6) is 0 Å². The first-order valence-corrected chi connectivity index (χ1v) is 7.27. The monoisotopic (exact) mass is 328 g/mol. The van der Waals surface area contributed by atoms with Gasteiger partial charge in [0.25, 0.3) is 5.91 Å². The second-order valence-electron chi connectivity index (χ2n) is 5.13. The van der Waals surface area contributed by atoms with Crippen LogP contribution < -0.4 is 10.6 Å². The number of halogens is 2. The van der Waals surface area contributed by atoms with Gasteiger partial charge in [-0.05, 0) is 59.9 Å². The fraction of sp³-hybridized carbons (Fsp3) is 0.500. The van der Waals surface area contributed by atoms with Crippen molar-refractivity contribution in [2.75, 3.05) is 6.54 Å². The summed E-state index contributed by atoms with van der Waals surface area (Å²) in [7, 11) is 0. The molecule has 2 N–H and O–H groups in total. The lowest BCUT2D eigenvalue weighted by Gasteiger charge is -2.36. The number of nitrogens with one attached hydrogen (secondary N) is 2. The Morgan fingerprint density at radius 1 is 1.47 bits per heavy atom. The van der Waals surface area contributed by atoms with Gasteiger partial charge in [0.1, 0.15) is 5.82 Å². The number of amides is 1. The molecule has 104 valence electrons. The van der Waals surface area contributed by atoms with Gasteiger partial charge in [-0.3, -0.25) is 4.79 Å². The van der Waals surface area contributed by atoms with E-state index in [4.69, 9.17) is 0 Å². The molecule has 1 saturated heterocycles. The predicted octanol–water partition coefficient (Wildman–Crippen LogP) is 2.70. The number of hydrogen-bond donors (Lipinski definition) is 2. The predicted molar refractivity (Wildman–Crippen MR) is 76.6 cm³/mol. The summed E-state index contributed by atoms with van der Waals surface area (Å²) in [5.74, 6) is -0.0943. The zero-order valence-electron chi connectivity index (χ0n) is 11.0. The minimum absolute atomic E-state index is 0.0956. The number of piperidine rings is 1. The van der Waals surface area contributed by atoms with E-state index < -0.39 is 0 Å². The molecule has 3 nitrogen and oxygen atoms in total. The van der Waals surface area contributed by atoms with Crippen LogP contribution in [0.15, 0.2) is 22.7 Å². The normalized spacial score (nSPS) is 27.1. The summed E-state index contributed by atoms with van der Waals surface area (Å²) in [6.07, 6.45) is 1.04. The van der Waals surface area contributed by atoms with Crippen LogP contribution in [0.4, 0.5) is 4.39 Å². The standard InChI is InChI=1S/C14H18BrFN2O/c1-8-5-6-17-9(2)13(8)18-14(19)11-4-3-10(16)7-12(11)15/h3-4,7-9,13,17H,5-6H2,1-2H3,(H,18,19). The van der Waals surface area contributed by atoms with Gasteiger partial charge in [-0.2, -0.15) is 0 Å². The maximum Gasteiger partial charge on any atom is 0.252 e. The largest absolute Gasteiger partial charge is 0.347 e. The Labute approximate surface area is 121 Å². The maximum atomic E-state index is 13.0. The second kappa shape index (κ2) is 6.01. The fourth-order valence-corrected chi connectivity index (χ4v) is 3.04. The van der Waals surface area contributed by atoms with E-state index in [-0.39, 0.29) is 23.8 Å². The third kappa shape index (κ3) is 3.34. The van der Waals surface area contributed by atoms with Crippen LogP contribution in [0.1, 0.15) is 30.6 Å². The molecule has 0 bridgehead atoms. The van der Waals surface area contributed by atoms with Crippen molar-refractivity contribution in [3.05, 3.63) is 34.1 Å². The molecular weight excluding hydrogens is 311 g/mol. The van der Waals surface area contributed by atoms with Gasteiger partial charge in [0.15, 0.2) is 0 Å². The zero-order valence-corrected chi connectivity index (χ0v) is 12.6. The molecule has 1 amide bonds. The van der Waals surface area contributed by atoms with Crippen LogP contribution in [-0.4, -0.2) is 24.5 Å². The molecule has 3 unspecified atom stereocenters. The van der Waals surface area contributed by atoms with Gasteiger partial charge in [0, 0.05) is 16.6 Å². The molecule has 0 radical (unpaired) electrons. The summed E-state index contributed by atoms with van der Waals surface area (Å²) < 4.78 is 13.5. The Hall–Kier alpha value is -0.940. The van der Waals surface area contributed by atoms with Gasteiger partial charge >= 0.3 is 0 Å². The van der Waals surface area contributed by atoms with Crippen LogP contribution in [0.25, 0.3) is 0 Å². The average Bonchev–Trinajstić information content (AvgIpc) is 2.33. The van der Waals surface area contributed by atoms with E-state index in [9.17, 15) is 9.18 Å². The lowest BCUT2D eigenvalue weighted by Crippen LogP contribution is -2.55. The van der Waals surface area contributed by atoms with Gasteiger partial charge in [0.05, 0.1) is 5.56 Å². The van der Waals surface area contributed by atoms with Crippen LogP contribution in [-0.2, 0) is 0 Å². The molecule has 0 saturated carbocycles. The third-order valence-electron chi connectivity index (χ3n) is 3.69. The average molecular weight is 329 g/mol. The topological polar surface area (TPSA) is 41.1 Å². The molecule has 0 spiro atoms. The zero-order chi connectivity index (χ0) is 14.0. The molecule has 1 fully saturated rings. The summed E-state index contributed by atoms with van der Waals surface area (Å²) in [5, 5.41) is 6.40. The number of rotatable bonds is 2. The molecular formula is C14H18BrFN2O. The molecule has 5 heteroatoms. The van der Waals surface area contributed by atoms with Gasteiger partial charge in [-0.15, -0.1) is 0 Å². The molecule has 19 heavy (non-hydrogen) atoms. The van der Waals surface area contributed by atoms with E-state index in [2.05, 4.69) is 40.4 Å². The molecule has 1 aliphatic heterocycles. The Balaban J connectivity index is 2.11. The van der Waals surface area contributed by atoms with Gasteiger partial charge < -0.3 is 10.6 Å². The van der Waals surface area contributed by atoms with Crippen molar-refractivity contribution in [1.29, 1.82) is 0 Å². The van der Waals surface area contributed by atoms with Gasteiger partial charge in [0.2, 0.25) is 0 Å². The Morgan fingerprint density at radius 3 is 2.84 bits per heavy atom. The van der Waals surface area contributed by atoms with Gasteiger partial charge in [-0.1, -0.05) is 6.92 Å². The molecule has 0 aliphatic carbocycles. The molecule has 3 atom stereocenters. The van der Waals surface area contributed by atoms with Crippen molar-refractivity contribution in [3.63, 3.8) is 0 Å². The van der Waals surface area contributed by atoms with Crippen molar-refractivity contribution in [3.8, 4) is 0 Å². The summed E-state index contributed by atoms with van der Waals surface area (Å²) in [6.45, 7) is 5.19. The molecule has 2 rings (SSSR count). The quantitative estimate of drug-likeness (QED) is 0.876. The van der Waals surface area contributed by atoms with E-state index in [1.165, 1.54) is 18.2 Å². The number of hydrogen-bond acceptors (Lipinski definition) is 2. The van der Waals surface area contributed by atoms with E-state index in [0.717, 1.165) is 13.0 Å². The summed E-state index contributed by atoms with van der Waals surface area (Å²) >= 11 is 3.23. The fourth-order valence-electron chi connectivity index (χ4n) is 2.51. The minimum atomic E-state index is -0.357. The van der Waals surface area contributed by atoms with E-state index in [0.29, 0.717) is 16.0 Å². The lowest BCUT2D eigenvalue weighted by molar-refractivity contribution is 0.0897. The molecule has 1 aromatic carbocycles. The van der Waals surface area contributed by atoms with Gasteiger partial charge in [-0.25, -0.2) is 4.39 Å². The number of benzene rings is 1. The highest BCUT2D eigenvalue weighted by atomic mass is 79.9. The second-order valence-corrected chi connectivity index (χ2v) is 5.99. The maximum absolute atomic E-state index is 13.0. The summed E-state index contributed by atoms with van der Waals surface area (Å²) in [5.41, 5.74) is 0.464. The number of carbonyl (C=O) groups excluding carboxylic acids is 1. The number of carbonyl (C=O) groups is 1. The van der Waals surface area contributed by atoms with Crippen molar-refractivity contribution < 1.29 is 9.18 Å². The summed E-state index contributed by atoms with van der Waals surface area (Å²) in [4.78, 5) is 12.2. The Kier molecular flexibility index (Phi) is 4.58. The molecule has 1 heterocycles. The van der Waals surface area contributed by atoms with E-state index >= 15 is 0 Å². The van der Waals surface area contributed by atoms with Crippen molar-refractivity contribution in [1.82, 2.24) is 10.6 Å². The van der Waals surface area contributed by atoms with E-state index in [1.807, 2.05) is 0 Å². The minimum Gasteiger partial charge on any atom is -0.347 e. The van der Waals surface area contributed by atoms with Crippen LogP contribution in [0.3, 0.4) is 0 Å². The van der Waals surface area contributed by atoms with E-state index in [1.54, 1.807) is 0 Å². The SMILES string of the molecule is CC1CCNC(C)C1NC(=O)c1ccc(F)cc1Br. The first-order chi connectivity index (χ1) is 8.99. The highest BCUT2D eigenvalue weighted by Gasteiger charge is 2.29. The Morgan fingerprint density at radius 2 is 2.21 bits per heavy atom. The van der Waals surface area contributed by atoms with Crippen molar-refractivity contribution >= 4 is 21.8 Å². The highest BCUT2D eigenvalue weighted by molar-refractivity contribution is 9.10. The first-order valence-electron chi connectivity index (χ1n) is 6.48. The highest BCUT2D eigenvalue weighted by Crippen LogP contribution is 2.20. The first kappa shape index (κ1) is 14.5. The van der Waals surface area contributed by atoms with Crippen molar-refractivity contribution in [2.24, 2.45) is 5.92 Å². The lowest BCUT2D eigenvalue weighted by atomic mass is 9.89. The third-order valence-corrected chi connectivity index (χ3v) is 4.35. The Bertz CT molecular complexity index is 471. The van der Waals surface area contributed by atoms with Crippen LogP contribution >= 0.6 is 15.9 Å². The molecule has 1 aromatic rings. The van der Waals surface area contributed by atoms with Crippen LogP contribution in [0.2, 0.25) is 0 Å². The molecule has 1 aliphatic rings.